The normalized spacial score (nSPS) is 13.4. The average Bonchev–Trinajstić information content (AvgIpc) is 3.10. The van der Waals surface area contributed by atoms with Crippen LogP contribution in [0.5, 0.6) is 0 Å². The van der Waals surface area contributed by atoms with E-state index in [9.17, 15) is 14.0 Å². The van der Waals surface area contributed by atoms with Crippen molar-refractivity contribution in [3.8, 4) is 0 Å². The van der Waals surface area contributed by atoms with Crippen LogP contribution in [0.15, 0.2) is 64.7 Å². The molecule has 2 heterocycles. The molecule has 0 radical (unpaired) electrons. The Hall–Kier alpha value is -3.26. The van der Waals surface area contributed by atoms with Crippen LogP contribution in [0, 0.1) is 5.82 Å². The summed E-state index contributed by atoms with van der Waals surface area (Å²) in [6.45, 7) is 2.84. The van der Waals surface area contributed by atoms with Crippen LogP contribution in [-0.2, 0) is 16.0 Å². The van der Waals surface area contributed by atoms with E-state index in [0.29, 0.717) is 33.6 Å². The Morgan fingerprint density at radius 3 is 2.31 bits per heavy atom. The van der Waals surface area contributed by atoms with Crippen molar-refractivity contribution in [1.29, 1.82) is 0 Å². The lowest BCUT2D eigenvalue weighted by molar-refractivity contribution is -0.117. The number of carbonyl (C=O) groups is 2. The molecule has 8 heteroatoms. The van der Waals surface area contributed by atoms with Crippen molar-refractivity contribution in [2.75, 3.05) is 5.01 Å². The Kier molecular flexibility index (Phi) is 5.02. The maximum absolute atomic E-state index is 13.5. The lowest BCUT2D eigenvalue weighted by atomic mass is 10.1. The Morgan fingerprint density at radius 1 is 1.00 bits per heavy atom. The van der Waals surface area contributed by atoms with Gasteiger partial charge in [-0.25, -0.2) is 14.1 Å². The summed E-state index contributed by atoms with van der Waals surface area (Å²) in [5.74, 6) is -0.347. The number of thioether (sulfide) groups is 1. The Labute approximate surface area is 171 Å². The molecule has 29 heavy (non-hydrogen) atoms. The zero-order valence-electron chi connectivity index (χ0n) is 15.8. The van der Waals surface area contributed by atoms with Crippen molar-refractivity contribution in [2.24, 2.45) is 0 Å². The van der Waals surface area contributed by atoms with Gasteiger partial charge in [-0.05, 0) is 48.5 Å². The van der Waals surface area contributed by atoms with Gasteiger partial charge in [-0.2, -0.15) is 0 Å². The second-order valence-electron chi connectivity index (χ2n) is 6.55. The van der Waals surface area contributed by atoms with Gasteiger partial charge in [0, 0.05) is 18.9 Å². The van der Waals surface area contributed by atoms with Gasteiger partial charge in [0.2, 0.25) is 11.1 Å². The van der Waals surface area contributed by atoms with E-state index in [2.05, 4.69) is 10.2 Å². The lowest BCUT2D eigenvalue weighted by Gasteiger charge is -2.32. The van der Waals surface area contributed by atoms with Crippen molar-refractivity contribution < 1.29 is 14.0 Å². The summed E-state index contributed by atoms with van der Waals surface area (Å²) in [5.41, 5.74) is 1.97. The quantitative estimate of drug-likeness (QED) is 0.660. The molecule has 1 aliphatic rings. The van der Waals surface area contributed by atoms with Crippen LogP contribution in [0.4, 0.5) is 4.39 Å². The fourth-order valence-corrected chi connectivity index (χ4v) is 4.17. The number of carbonyl (C=O) groups excluding carboxylic acids is 2. The predicted octanol–water partition coefficient (Wildman–Crippen LogP) is 3.56. The first-order chi connectivity index (χ1) is 14.0. The van der Waals surface area contributed by atoms with Crippen molar-refractivity contribution >= 4 is 29.1 Å². The second kappa shape index (κ2) is 7.63. The number of fused-ring (bicyclic) bond motifs is 1. The number of ketones is 1. The number of rotatable bonds is 4. The fraction of sp³-hybridized carbons (Fsp3) is 0.143. The van der Waals surface area contributed by atoms with Gasteiger partial charge >= 0.3 is 0 Å². The van der Waals surface area contributed by atoms with E-state index in [4.69, 9.17) is 0 Å². The van der Waals surface area contributed by atoms with Crippen LogP contribution >= 0.6 is 11.8 Å². The van der Waals surface area contributed by atoms with Crippen LogP contribution < -0.4 is 5.01 Å². The summed E-state index contributed by atoms with van der Waals surface area (Å²) in [6, 6.07) is 15.4. The maximum Gasteiger partial charge on any atom is 0.243 e. The molecule has 0 fully saturated rings. The first kappa shape index (κ1) is 19.1. The van der Waals surface area contributed by atoms with Crippen LogP contribution in [0.2, 0.25) is 0 Å². The number of amides is 1. The SMILES string of the molecule is CC(=O)C1=C(c2ccc(F)cc2)N(C(C)=O)n2c(Cc3ccccc3)nnc2S1. The highest BCUT2D eigenvalue weighted by Crippen LogP contribution is 2.40. The molecular formula is C21H17FN4O2S. The zero-order chi connectivity index (χ0) is 20.5. The van der Waals surface area contributed by atoms with Gasteiger partial charge < -0.3 is 0 Å². The number of nitrogens with zero attached hydrogens (tertiary/aromatic N) is 4. The molecule has 4 rings (SSSR count). The molecule has 1 amide bonds. The number of Topliss-reactive ketones (excluding diaryl/α,β-unsaturated/α-hetero) is 1. The molecule has 3 aromatic rings. The summed E-state index contributed by atoms with van der Waals surface area (Å²) in [6.07, 6.45) is 0.463. The van der Waals surface area contributed by atoms with E-state index < -0.39 is 5.82 Å². The molecule has 0 saturated heterocycles. The molecule has 0 N–H and O–H groups in total. The van der Waals surface area contributed by atoms with E-state index in [0.717, 1.165) is 17.3 Å². The molecule has 146 valence electrons. The van der Waals surface area contributed by atoms with Gasteiger partial charge in [0.1, 0.15) is 5.82 Å². The summed E-state index contributed by atoms with van der Waals surface area (Å²) in [4.78, 5) is 25.4. The average molecular weight is 408 g/mol. The molecule has 1 aliphatic heterocycles. The van der Waals surface area contributed by atoms with Crippen LogP contribution in [0.3, 0.4) is 0 Å². The van der Waals surface area contributed by atoms with Gasteiger partial charge in [0.15, 0.2) is 11.6 Å². The van der Waals surface area contributed by atoms with Gasteiger partial charge in [-0.1, -0.05) is 30.3 Å². The van der Waals surface area contributed by atoms with Crippen LogP contribution in [-0.4, -0.2) is 26.6 Å². The molecule has 0 atom stereocenters. The summed E-state index contributed by atoms with van der Waals surface area (Å²) < 4.78 is 15.1. The molecule has 0 unspecified atom stereocenters. The standard InChI is InChI=1S/C21H17FN4O2S/c1-13(27)20-19(16-8-10-17(22)11-9-16)25(14(2)28)26-18(23-24-21(26)29-20)12-15-6-4-3-5-7-15/h3-11H,12H2,1-2H3. The van der Waals surface area contributed by atoms with Crippen molar-refractivity contribution in [2.45, 2.75) is 25.4 Å². The van der Waals surface area contributed by atoms with Gasteiger partial charge in [-0.15, -0.1) is 10.2 Å². The molecular weight excluding hydrogens is 391 g/mol. The smallest absolute Gasteiger partial charge is 0.243 e. The van der Waals surface area contributed by atoms with E-state index in [1.54, 1.807) is 16.8 Å². The number of aromatic nitrogens is 3. The second-order valence-corrected chi connectivity index (χ2v) is 7.52. The maximum atomic E-state index is 13.5. The largest absolute Gasteiger partial charge is 0.294 e. The molecule has 6 nitrogen and oxygen atoms in total. The van der Waals surface area contributed by atoms with Crippen LogP contribution in [0.25, 0.3) is 5.70 Å². The molecule has 0 bridgehead atoms. The third kappa shape index (κ3) is 3.58. The Bertz CT molecular complexity index is 1120. The first-order valence-electron chi connectivity index (χ1n) is 8.94. The van der Waals surface area contributed by atoms with Crippen molar-refractivity contribution in [1.82, 2.24) is 14.9 Å². The van der Waals surface area contributed by atoms with Crippen LogP contribution in [0.1, 0.15) is 30.8 Å². The highest BCUT2D eigenvalue weighted by molar-refractivity contribution is 8.04. The minimum absolute atomic E-state index is 0.209. The molecule has 0 aliphatic carbocycles. The zero-order valence-corrected chi connectivity index (χ0v) is 16.6. The third-order valence-corrected chi connectivity index (χ3v) is 5.56. The number of benzene rings is 2. The van der Waals surface area contributed by atoms with Crippen molar-refractivity contribution in [3.63, 3.8) is 0 Å². The predicted molar refractivity (Wildman–Crippen MR) is 108 cm³/mol. The van der Waals surface area contributed by atoms with E-state index in [-0.39, 0.29) is 11.7 Å². The fourth-order valence-electron chi connectivity index (χ4n) is 3.18. The molecule has 2 aromatic carbocycles. The summed E-state index contributed by atoms with van der Waals surface area (Å²) in [5, 5.41) is 10.3. The minimum Gasteiger partial charge on any atom is -0.294 e. The third-order valence-electron chi connectivity index (χ3n) is 4.44. The topological polar surface area (TPSA) is 68.1 Å². The van der Waals surface area contributed by atoms with E-state index >= 15 is 0 Å². The van der Waals surface area contributed by atoms with Gasteiger partial charge in [-0.3, -0.25) is 9.59 Å². The Balaban J connectivity index is 1.87. The Morgan fingerprint density at radius 2 is 1.69 bits per heavy atom. The van der Waals surface area contributed by atoms with E-state index in [1.807, 2.05) is 30.3 Å². The molecule has 0 spiro atoms. The number of hydrogen-bond donors (Lipinski definition) is 0. The van der Waals surface area contributed by atoms with Crippen molar-refractivity contribution in [3.05, 3.63) is 82.3 Å². The molecule has 1 aromatic heterocycles. The minimum atomic E-state index is -0.397. The van der Waals surface area contributed by atoms with E-state index in [1.165, 1.54) is 31.0 Å². The molecule has 0 saturated carbocycles. The van der Waals surface area contributed by atoms with Gasteiger partial charge in [0.25, 0.3) is 0 Å². The highest BCUT2D eigenvalue weighted by atomic mass is 32.2. The number of halogens is 1. The monoisotopic (exact) mass is 408 g/mol. The highest BCUT2D eigenvalue weighted by Gasteiger charge is 2.34. The first-order valence-corrected chi connectivity index (χ1v) is 9.75. The summed E-state index contributed by atoms with van der Waals surface area (Å²) >= 11 is 1.16. The lowest BCUT2D eigenvalue weighted by Crippen LogP contribution is -2.41. The summed E-state index contributed by atoms with van der Waals surface area (Å²) in [7, 11) is 0. The number of allylic oxidation sites excluding steroid dienone is 1. The van der Waals surface area contributed by atoms with Gasteiger partial charge in [0.05, 0.1) is 10.6 Å². The number of hydrogen-bond acceptors (Lipinski definition) is 5.